The Bertz CT molecular complexity index is 975. The first-order valence-corrected chi connectivity index (χ1v) is 9.65. The zero-order valence-corrected chi connectivity index (χ0v) is 15.7. The Morgan fingerprint density at radius 1 is 1.00 bits per heavy atom. The van der Waals surface area contributed by atoms with Crippen LogP contribution in [0.4, 0.5) is 5.69 Å². The Morgan fingerprint density at radius 3 is 2.52 bits per heavy atom. The van der Waals surface area contributed by atoms with Crippen molar-refractivity contribution >= 4 is 46.2 Å². The lowest BCUT2D eigenvalue weighted by Gasteiger charge is -2.08. The molecule has 0 aliphatic carbocycles. The Labute approximate surface area is 162 Å². The first kappa shape index (κ1) is 18.7. The van der Waals surface area contributed by atoms with Crippen molar-refractivity contribution in [2.45, 2.75) is 4.90 Å². The highest BCUT2D eigenvalue weighted by molar-refractivity contribution is 7.98. The molecule has 1 amide bonds. The smallest absolute Gasteiger partial charge is 0.331 e. The van der Waals surface area contributed by atoms with Crippen LogP contribution in [0, 0.1) is 0 Å². The lowest BCUT2D eigenvalue weighted by Crippen LogP contribution is -2.20. The van der Waals surface area contributed by atoms with Crippen LogP contribution in [0.2, 0.25) is 0 Å². The van der Waals surface area contributed by atoms with E-state index in [1.807, 2.05) is 73.0 Å². The van der Waals surface area contributed by atoms with E-state index in [1.165, 1.54) is 6.08 Å². The van der Waals surface area contributed by atoms with Crippen molar-refractivity contribution in [1.82, 2.24) is 0 Å². The van der Waals surface area contributed by atoms with E-state index >= 15 is 0 Å². The fraction of sp³-hybridized carbons (Fsp3) is 0.0909. The maximum atomic E-state index is 12.1. The van der Waals surface area contributed by atoms with Crippen LogP contribution in [-0.4, -0.2) is 24.7 Å². The number of benzene rings is 3. The first-order valence-electron chi connectivity index (χ1n) is 8.42. The molecule has 0 aliphatic rings. The quantitative estimate of drug-likeness (QED) is 0.382. The molecule has 136 valence electrons. The molecule has 0 radical (unpaired) electrons. The number of ether oxygens (including phenoxy) is 1. The summed E-state index contributed by atoms with van der Waals surface area (Å²) in [5, 5.41) is 4.75. The molecule has 0 saturated heterocycles. The van der Waals surface area contributed by atoms with E-state index in [4.69, 9.17) is 4.74 Å². The summed E-state index contributed by atoms with van der Waals surface area (Å²) in [5.41, 5.74) is 1.59. The van der Waals surface area contributed by atoms with Crippen molar-refractivity contribution in [3.8, 4) is 0 Å². The van der Waals surface area contributed by atoms with Crippen molar-refractivity contribution in [2.75, 3.05) is 18.2 Å². The predicted octanol–water partition coefficient (Wildman–Crippen LogP) is 4.76. The molecule has 1 N–H and O–H groups in total. The highest BCUT2D eigenvalue weighted by atomic mass is 32.2. The molecular formula is C22H19NO3S. The van der Waals surface area contributed by atoms with Gasteiger partial charge in [-0.15, -0.1) is 11.8 Å². The van der Waals surface area contributed by atoms with E-state index in [0.717, 1.165) is 21.2 Å². The topological polar surface area (TPSA) is 55.4 Å². The lowest BCUT2D eigenvalue weighted by atomic mass is 10.1. The Balaban J connectivity index is 1.53. The second-order valence-electron chi connectivity index (χ2n) is 5.79. The second kappa shape index (κ2) is 9.05. The fourth-order valence-electron chi connectivity index (χ4n) is 2.58. The summed E-state index contributed by atoms with van der Waals surface area (Å²) >= 11 is 1.65. The molecule has 0 bridgehead atoms. The molecule has 3 aromatic carbocycles. The van der Waals surface area contributed by atoms with E-state index in [1.54, 1.807) is 17.8 Å². The number of rotatable bonds is 6. The summed E-state index contributed by atoms with van der Waals surface area (Å²) in [6.07, 6.45) is 4.99. The van der Waals surface area contributed by atoms with Crippen molar-refractivity contribution < 1.29 is 14.3 Å². The molecule has 0 spiro atoms. The van der Waals surface area contributed by atoms with Gasteiger partial charge in [0.15, 0.2) is 6.61 Å². The molecule has 3 aromatic rings. The molecule has 27 heavy (non-hydrogen) atoms. The second-order valence-corrected chi connectivity index (χ2v) is 6.67. The monoisotopic (exact) mass is 377 g/mol. The molecular weight excluding hydrogens is 358 g/mol. The van der Waals surface area contributed by atoms with Gasteiger partial charge < -0.3 is 10.1 Å². The van der Waals surface area contributed by atoms with Gasteiger partial charge in [0.05, 0.1) is 0 Å². The standard InChI is InChI=1S/C22H19NO3S/c1-27-18-12-9-16(10-13-18)11-14-22(25)26-15-21(24)23-20-8-4-6-17-5-2-3-7-19(17)20/h2-14H,15H2,1H3,(H,23,24). The summed E-state index contributed by atoms with van der Waals surface area (Å²) in [6.45, 7) is -0.336. The maximum Gasteiger partial charge on any atom is 0.331 e. The number of hydrogen-bond acceptors (Lipinski definition) is 4. The molecule has 5 heteroatoms. The minimum absolute atomic E-state index is 0.336. The molecule has 0 aliphatic heterocycles. The third kappa shape index (κ3) is 5.21. The normalized spacial score (nSPS) is 10.9. The van der Waals surface area contributed by atoms with Crippen LogP contribution in [0.15, 0.2) is 77.7 Å². The van der Waals surface area contributed by atoms with Crippen LogP contribution in [0.3, 0.4) is 0 Å². The number of esters is 1. The van der Waals surface area contributed by atoms with Gasteiger partial charge in [0, 0.05) is 22.0 Å². The number of fused-ring (bicyclic) bond motifs is 1. The average Bonchev–Trinajstić information content (AvgIpc) is 2.71. The summed E-state index contributed by atoms with van der Waals surface area (Å²) in [5.74, 6) is -0.936. The number of thioether (sulfide) groups is 1. The van der Waals surface area contributed by atoms with Crippen molar-refractivity contribution in [3.05, 3.63) is 78.4 Å². The van der Waals surface area contributed by atoms with Crippen LogP contribution in [0.1, 0.15) is 5.56 Å². The Hall–Kier alpha value is -3.05. The maximum absolute atomic E-state index is 12.1. The predicted molar refractivity (Wildman–Crippen MR) is 111 cm³/mol. The lowest BCUT2D eigenvalue weighted by molar-refractivity contribution is -0.142. The SMILES string of the molecule is CSc1ccc(C=CC(=O)OCC(=O)Nc2cccc3ccccc23)cc1. The fourth-order valence-corrected chi connectivity index (χ4v) is 2.99. The zero-order chi connectivity index (χ0) is 19.1. The van der Waals surface area contributed by atoms with Crippen molar-refractivity contribution in [2.24, 2.45) is 0 Å². The third-order valence-corrected chi connectivity index (χ3v) is 4.68. The number of amides is 1. The molecule has 0 heterocycles. The highest BCUT2D eigenvalue weighted by Gasteiger charge is 2.08. The van der Waals surface area contributed by atoms with E-state index in [2.05, 4.69) is 5.32 Å². The van der Waals surface area contributed by atoms with E-state index < -0.39 is 5.97 Å². The van der Waals surface area contributed by atoms with Crippen LogP contribution < -0.4 is 5.32 Å². The molecule has 0 atom stereocenters. The zero-order valence-electron chi connectivity index (χ0n) is 14.8. The summed E-state index contributed by atoms with van der Waals surface area (Å²) in [6, 6.07) is 21.2. The summed E-state index contributed by atoms with van der Waals surface area (Å²) in [7, 11) is 0. The van der Waals surface area contributed by atoms with Gasteiger partial charge in [0.1, 0.15) is 0 Å². The van der Waals surface area contributed by atoms with E-state index in [-0.39, 0.29) is 12.5 Å². The van der Waals surface area contributed by atoms with Crippen LogP contribution in [-0.2, 0) is 14.3 Å². The summed E-state index contributed by atoms with van der Waals surface area (Å²) < 4.78 is 5.01. The van der Waals surface area contributed by atoms with Gasteiger partial charge >= 0.3 is 5.97 Å². The minimum atomic E-state index is -0.558. The Morgan fingerprint density at radius 2 is 1.74 bits per heavy atom. The van der Waals surface area contributed by atoms with Crippen molar-refractivity contribution in [1.29, 1.82) is 0 Å². The van der Waals surface area contributed by atoms with Gasteiger partial charge in [-0.05, 0) is 41.5 Å². The average molecular weight is 377 g/mol. The van der Waals surface area contributed by atoms with Gasteiger partial charge in [-0.25, -0.2) is 4.79 Å². The molecule has 0 aromatic heterocycles. The molecule has 4 nitrogen and oxygen atoms in total. The molecule has 3 rings (SSSR count). The number of carbonyl (C=O) groups excluding carboxylic acids is 2. The van der Waals surface area contributed by atoms with Gasteiger partial charge in [-0.2, -0.15) is 0 Å². The number of anilines is 1. The van der Waals surface area contributed by atoms with Gasteiger partial charge in [0.25, 0.3) is 5.91 Å². The summed E-state index contributed by atoms with van der Waals surface area (Å²) in [4.78, 5) is 25.1. The molecule has 0 unspecified atom stereocenters. The Kier molecular flexibility index (Phi) is 6.28. The number of hydrogen-bond donors (Lipinski definition) is 1. The van der Waals surface area contributed by atoms with E-state index in [0.29, 0.717) is 5.69 Å². The third-order valence-electron chi connectivity index (χ3n) is 3.94. The highest BCUT2D eigenvalue weighted by Crippen LogP contribution is 2.22. The first-order chi connectivity index (χ1) is 13.2. The van der Waals surface area contributed by atoms with E-state index in [9.17, 15) is 9.59 Å². The molecule has 0 saturated carbocycles. The van der Waals surface area contributed by atoms with Gasteiger partial charge in [-0.3, -0.25) is 4.79 Å². The number of nitrogens with one attached hydrogen (secondary N) is 1. The minimum Gasteiger partial charge on any atom is -0.452 e. The molecule has 0 fully saturated rings. The van der Waals surface area contributed by atoms with Crippen molar-refractivity contribution in [3.63, 3.8) is 0 Å². The number of carbonyl (C=O) groups is 2. The largest absolute Gasteiger partial charge is 0.452 e. The van der Waals surface area contributed by atoms with Gasteiger partial charge in [0.2, 0.25) is 0 Å². The van der Waals surface area contributed by atoms with Crippen LogP contribution in [0.25, 0.3) is 16.8 Å². The van der Waals surface area contributed by atoms with Crippen LogP contribution in [0.5, 0.6) is 0 Å². The van der Waals surface area contributed by atoms with Gasteiger partial charge in [-0.1, -0.05) is 48.5 Å². The van der Waals surface area contributed by atoms with Crippen LogP contribution >= 0.6 is 11.8 Å².